The summed E-state index contributed by atoms with van der Waals surface area (Å²) in [6.45, 7) is 7.47. The van der Waals surface area contributed by atoms with E-state index in [1.54, 1.807) is 6.08 Å². The highest BCUT2D eigenvalue weighted by molar-refractivity contribution is 5.66. The Morgan fingerprint density at radius 2 is 1.83 bits per heavy atom. The van der Waals surface area contributed by atoms with E-state index in [0.29, 0.717) is 0 Å². The van der Waals surface area contributed by atoms with E-state index in [0.717, 1.165) is 17.4 Å². The highest BCUT2D eigenvalue weighted by atomic mass is 16.1. The van der Waals surface area contributed by atoms with Crippen LogP contribution in [0.25, 0.3) is 0 Å². The Morgan fingerprint density at radius 1 is 1.17 bits per heavy atom. The van der Waals surface area contributed by atoms with Crippen molar-refractivity contribution in [1.82, 2.24) is 0 Å². The maximum atomic E-state index is 10.0. The maximum absolute atomic E-state index is 10.0. The summed E-state index contributed by atoms with van der Waals surface area (Å²) in [6, 6.07) is 0. The molecule has 0 aromatic carbocycles. The monoisotopic (exact) mass is 162 g/mol. The Morgan fingerprint density at radius 3 is 2.33 bits per heavy atom. The quantitative estimate of drug-likeness (QED) is 0.353. The molecule has 0 aromatic rings. The Bertz CT molecular complexity index is 242. The fourth-order valence-corrected chi connectivity index (χ4v) is 0.583. The van der Waals surface area contributed by atoms with Gasteiger partial charge in [-0.25, -0.2) is 0 Å². The molecule has 0 aliphatic carbocycles. The van der Waals surface area contributed by atoms with Gasteiger partial charge in [-0.2, -0.15) is 0 Å². The van der Waals surface area contributed by atoms with Crippen LogP contribution in [-0.4, -0.2) is 6.29 Å². The van der Waals surface area contributed by atoms with Crippen LogP contribution < -0.4 is 0 Å². The lowest BCUT2D eigenvalue weighted by atomic mass is 10.2. The fourth-order valence-electron chi connectivity index (χ4n) is 0.583. The molecule has 0 atom stereocenters. The van der Waals surface area contributed by atoms with Crippen molar-refractivity contribution >= 4 is 6.29 Å². The third kappa shape index (κ3) is 5.42. The molecular formula is C11H14O. The molecule has 1 nitrogen and oxygen atoms in total. The highest BCUT2D eigenvalue weighted by Crippen LogP contribution is 1.97. The van der Waals surface area contributed by atoms with Crippen molar-refractivity contribution in [3.8, 4) is 0 Å². The number of hydrogen-bond donors (Lipinski definition) is 0. The van der Waals surface area contributed by atoms with Gasteiger partial charge in [0.2, 0.25) is 0 Å². The number of allylic oxidation sites excluding steroid dienone is 7. The largest absolute Gasteiger partial charge is 0.299 e. The Kier molecular flexibility index (Phi) is 5.62. The summed E-state index contributed by atoms with van der Waals surface area (Å²) in [4.78, 5) is 10.0. The molecule has 64 valence electrons. The summed E-state index contributed by atoms with van der Waals surface area (Å²) < 4.78 is 0. The minimum Gasteiger partial charge on any atom is -0.299 e. The smallest absolute Gasteiger partial charge is 0.143 e. The van der Waals surface area contributed by atoms with Crippen LogP contribution in [0.5, 0.6) is 0 Å². The van der Waals surface area contributed by atoms with Gasteiger partial charge < -0.3 is 0 Å². The first kappa shape index (κ1) is 10.6. The van der Waals surface area contributed by atoms with Crippen molar-refractivity contribution in [3.63, 3.8) is 0 Å². The molecule has 0 radical (unpaired) electrons. The molecule has 0 amide bonds. The lowest BCUT2D eigenvalue weighted by Gasteiger charge is -1.86. The second kappa shape index (κ2) is 6.35. The Balaban J connectivity index is 4.16. The molecule has 0 aliphatic heterocycles. The van der Waals surface area contributed by atoms with Crippen LogP contribution in [0, 0.1) is 0 Å². The van der Waals surface area contributed by atoms with E-state index in [9.17, 15) is 4.79 Å². The predicted molar refractivity (Wildman–Crippen MR) is 52.9 cm³/mol. The van der Waals surface area contributed by atoms with E-state index >= 15 is 0 Å². The van der Waals surface area contributed by atoms with E-state index in [-0.39, 0.29) is 0 Å². The molecule has 0 spiro atoms. The molecule has 0 fully saturated rings. The lowest BCUT2D eigenvalue weighted by molar-refractivity contribution is -0.104. The van der Waals surface area contributed by atoms with Crippen LogP contribution >= 0.6 is 0 Å². The average Bonchev–Trinajstić information content (AvgIpc) is 2.04. The minimum atomic E-state index is 0.781. The molecule has 0 rings (SSSR count). The van der Waals surface area contributed by atoms with Crippen LogP contribution in [0.3, 0.4) is 0 Å². The SMILES string of the molecule is C=CC(C)=CC=CC(C)=CC=O. The summed E-state index contributed by atoms with van der Waals surface area (Å²) in [7, 11) is 0. The standard InChI is InChI=1S/C11H14O/c1-4-10(2)6-5-7-11(3)8-9-12/h4-9H,1H2,2-3H3. The predicted octanol–water partition coefficient (Wildman–Crippen LogP) is 2.82. The summed E-state index contributed by atoms with van der Waals surface area (Å²) in [6.07, 6.45) is 9.79. The highest BCUT2D eigenvalue weighted by Gasteiger charge is 1.78. The molecule has 0 bridgehead atoms. The van der Waals surface area contributed by atoms with Crippen molar-refractivity contribution in [3.05, 3.63) is 48.1 Å². The van der Waals surface area contributed by atoms with E-state index in [1.807, 2.05) is 32.1 Å². The summed E-state index contributed by atoms with van der Waals surface area (Å²) in [5.74, 6) is 0. The van der Waals surface area contributed by atoms with Gasteiger partial charge in [0.1, 0.15) is 6.29 Å². The van der Waals surface area contributed by atoms with Gasteiger partial charge >= 0.3 is 0 Å². The lowest BCUT2D eigenvalue weighted by Crippen LogP contribution is -1.69. The van der Waals surface area contributed by atoms with Gasteiger partial charge in [0.05, 0.1) is 0 Å². The summed E-state index contributed by atoms with van der Waals surface area (Å²) >= 11 is 0. The molecule has 0 aliphatic rings. The van der Waals surface area contributed by atoms with Gasteiger partial charge in [-0.15, -0.1) is 0 Å². The molecule has 0 unspecified atom stereocenters. The molecule has 1 heteroatoms. The molecular weight excluding hydrogens is 148 g/mol. The van der Waals surface area contributed by atoms with Gasteiger partial charge in [-0.05, 0) is 25.5 Å². The minimum absolute atomic E-state index is 0.781. The normalized spacial score (nSPS) is 13.5. The molecule has 12 heavy (non-hydrogen) atoms. The number of hydrogen-bond acceptors (Lipinski definition) is 1. The molecule has 0 saturated carbocycles. The van der Waals surface area contributed by atoms with Crippen molar-refractivity contribution in [2.45, 2.75) is 13.8 Å². The second-order valence-corrected chi connectivity index (χ2v) is 2.52. The van der Waals surface area contributed by atoms with E-state index in [1.165, 1.54) is 6.08 Å². The number of rotatable bonds is 4. The summed E-state index contributed by atoms with van der Waals surface area (Å²) in [5.41, 5.74) is 2.04. The first-order valence-corrected chi connectivity index (χ1v) is 3.80. The number of carbonyl (C=O) groups is 1. The van der Waals surface area contributed by atoms with Gasteiger partial charge in [0.15, 0.2) is 0 Å². The zero-order valence-electron chi connectivity index (χ0n) is 7.58. The van der Waals surface area contributed by atoms with Crippen LogP contribution in [0.2, 0.25) is 0 Å². The van der Waals surface area contributed by atoms with Crippen molar-refractivity contribution in [2.75, 3.05) is 0 Å². The molecule has 0 aromatic heterocycles. The van der Waals surface area contributed by atoms with E-state index in [4.69, 9.17) is 0 Å². The van der Waals surface area contributed by atoms with Crippen LogP contribution in [0.4, 0.5) is 0 Å². The number of carbonyl (C=O) groups excluding carboxylic acids is 1. The third-order valence-corrected chi connectivity index (χ3v) is 1.37. The van der Waals surface area contributed by atoms with Gasteiger partial charge in [0.25, 0.3) is 0 Å². The fraction of sp³-hybridized carbons (Fsp3) is 0.182. The first-order valence-electron chi connectivity index (χ1n) is 3.80. The average molecular weight is 162 g/mol. The van der Waals surface area contributed by atoms with E-state index < -0.39 is 0 Å². The zero-order valence-corrected chi connectivity index (χ0v) is 7.58. The molecule has 0 N–H and O–H groups in total. The third-order valence-electron chi connectivity index (χ3n) is 1.37. The van der Waals surface area contributed by atoms with Crippen molar-refractivity contribution in [1.29, 1.82) is 0 Å². The molecule has 0 saturated heterocycles. The zero-order chi connectivity index (χ0) is 9.40. The van der Waals surface area contributed by atoms with E-state index in [2.05, 4.69) is 6.58 Å². The van der Waals surface area contributed by atoms with Gasteiger partial charge in [0, 0.05) is 0 Å². The van der Waals surface area contributed by atoms with Gasteiger partial charge in [-0.1, -0.05) is 36.5 Å². The van der Waals surface area contributed by atoms with Crippen LogP contribution in [0.15, 0.2) is 48.1 Å². The van der Waals surface area contributed by atoms with Gasteiger partial charge in [-0.3, -0.25) is 4.79 Å². The number of aldehydes is 1. The van der Waals surface area contributed by atoms with Crippen molar-refractivity contribution < 1.29 is 4.79 Å². The van der Waals surface area contributed by atoms with Crippen LogP contribution in [-0.2, 0) is 4.79 Å². The Labute approximate surface area is 73.8 Å². The molecule has 0 heterocycles. The Hall–Kier alpha value is -1.37. The maximum Gasteiger partial charge on any atom is 0.143 e. The van der Waals surface area contributed by atoms with Crippen LogP contribution in [0.1, 0.15) is 13.8 Å². The topological polar surface area (TPSA) is 17.1 Å². The van der Waals surface area contributed by atoms with Crippen molar-refractivity contribution in [2.24, 2.45) is 0 Å². The first-order chi connectivity index (χ1) is 5.70. The second-order valence-electron chi connectivity index (χ2n) is 2.52. The summed E-state index contributed by atoms with van der Waals surface area (Å²) in [5, 5.41) is 0.